The number of para-hydroxylation sites is 2. The first-order valence-electron chi connectivity index (χ1n) is 8.71. The van der Waals surface area contributed by atoms with Crippen molar-refractivity contribution in [2.24, 2.45) is 5.10 Å². The Morgan fingerprint density at radius 2 is 2.07 bits per heavy atom. The minimum absolute atomic E-state index is 0.000475. The van der Waals surface area contributed by atoms with Crippen molar-refractivity contribution < 1.29 is 18.9 Å². The van der Waals surface area contributed by atoms with Gasteiger partial charge in [-0.3, -0.25) is 14.9 Å². The van der Waals surface area contributed by atoms with E-state index in [0.29, 0.717) is 28.5 Å². The zero-order chi connectivity index (χ0) is 21.5. The summed E-state index contributed by atoms with van der Waals surface area (Å²) in [7, 11) is 1.55. The summed E-state index contributed by atoms with van der Waals surface area (Å²) in [6.45, 7) is -0.000475. The van der Waals surface area contributed by atoms with Crippen molar-refractivity contribution in [3.8, 4) is 17.1 Å². The van der Waals surface area contributed by atoms with Crippen LogP contribution >= 0.6 is 11.6 Å². The lowest BCUT2D eigenvalue weighted by Crippen LogP contribution is -2.26. The molecule has 10 heteroatoms. The maximum atomic E-state index is 11.9. The highest BCUT2D eigenvalue weighted by atomic mass is 35.5. The lowest BCUT2D eigenvalue weighted by Gasteiger charge is -2.09. The van der Waals surface area contributed by atoms with Gasteiger partial charge in [0.25, 0.3) is 11.6 Å². The van der Waals surface area contributed by atoms with E-state index >= 15 is 0 Å². The van der Waals surface area contributed by atoms with E-state index in [4.69, 9.17) is 20.8 Å². The van der Waals surface area contributed by atoms with Crippen LogP contribution in [-0.4, -0.2) is 30.7 Å². The predicted molar refractivity (Wildman–Crippen MR) is 113 cm³/mol. The molecule has 1 aromatic heterocycles. The summed E-state index contributed by atoms with van der Waals surface area (Å²) in [5, 5.41) is 17.8. The lowest BCUT2D eigenvalue weighted by molar-refractivity contribution is -0.384. The van der Waals surface area contributed by atoms with Gasteiger partial charge in [-0.2, -0.15) is 5.10 Å². The van der Waals surface area contributed by atoms with Gasteiger partial charge in [0, 0.05) is 17.7 Å². The molecule has 0 bridgehead atoms. The molecule has 1 amide bonds. The number of ether oxygens (including phenoxy) is 1. The first-order chi connectivity index (χ1) is 14.5. The average molecular weight is 429 g/mol. The van der Waals surface area contributed by atoms with Gasteiger partial charge < -0.3 is 14.5 Å². The molecular weight excluding hydrogens is 412 g/mol. The Kier molecular flexibility index (Phi) is 6.66. The monoisotopic (exact) mass is 428 g/mol. The molecule has 3 rings (SSSR count). The molecule has 0 aliphatic rings. The molecule has 0 atom stereocenters. The number of halogens is 1. The van der Waals surface area contributed by atoms with Gasteiger partial charge in [0.2, 0.25) is 0 Å². The Labute approximate surface area is 176 Å². The molecule has 0 aliphatic heterocycles. The van der Waals surface area contributed by atoms with E-state index in [1.807, 2.05) is 12.1 Å². The molecule has 0 unspecified atom stereocenters. The van der Waals surface area contributed by atoms with Crippen molar-refractivity contribution in [3.63, 3.8) is 0 Å². The van der Waals surface area contributed by atoms with Crippen LogP contribution < -0.4 is 15.5 Å². The summed E-state index contributed by atoms with van der Waals surface area (Å²) in [5.41, 5.74) is 3.47. The van der Waals surface area contributed by atoms with Crippen LogP contribution in [-0.2, 0) is 4.79 Å². The standard InChI is InChI=1S/C20H17ClN4O5/c1-29-19-5-3-2-4-17(19)22-12-20(26)24-23-11-14-7-9-18(30-14)15-8-6-13(25(27)28)10-16(15)21/h2-11,22H,12H2,1H3,(H,24,26)/b23-11+. The summed E-state index contributed by atoms with van der Waals surface area (Å²) in [5.74, 6) is 1.06. The van der Waals surface area contributed by atoms with Gasteiger partial charge in [-0.15, -0.1) is 0 Å². The van der Waals surface area contributed by atoms with Crippen LogP contribution in [0.15, 0.2) is 64.1 Å². The number of nitrogens with one attached hydrogen (secondary N) is 2. The number of nitro benzene ring substituents is 1. The largest absolute Gasteiger partial charge is 0.495 e. The molecule has 0 saturated carbocycles. The van der Waals surface area contributed by atoms with Crippen LogP contribution in [0.2, 0.25) is 5.02 Å². The van der Waals surface area contributed by atoms with Crippen LogP contribution in [0.4, 0.5) is 11.4 Å². The van der Waals surface area contributed by atoms with Crippen molar-refractivity contribution >= 4 is 35.1 Å². The Hall–Kier alpha value is -3.85. The fourth-order valence-corrected chi connectivity index (χ4v) is 2.83. The molecule has 154 valence electrons. The number of methoxy groups -OCH3 is 1. The second-order valence-corrected chi connectivity index (χ2v) is 6.38. The van der Waals surface area contributed by atoms with Crippen LogP contribution in [0.25, 0.3) is 11.3 Å². The van der Waals surface area contributed by atoms with E-state index in [9.17, 15) is 14.9 Å². The molecule has 0 radical (unpaired) electrons. The lowest BCUT2D eigenvalue weighted by atomic mass is 10.1. The second-order valence-electron chi connectivity index (χ2n) is 5.97. The molecule has 30 heavy (non-hydrogen) atoms. The Morgan fingerprint density at radius 1 is 1.27 bits per heavy atom. The first-order valence-corrected chi connectivity index (χ1v) is 9.08. The van der Waals surface area contributed by atoms with Crippen molar-refractivity contribution in [2.75, 3.05) is 19.0 Å². The minimum Gasteiger partial charge on any atom is -0.495 e. The highest BCUT2D eigenvalue weighted by molar-refractivity contribution is 6.33. The average Bonchev–Trinajstić information content (AvgIpc) is 3.20. The Balaban J connectivity index is 1.57. The van der Waals surface area contributed by atoms with Gasteiger partial charge in [0.05, 0.1) is 35.5 Å². The highest BCUT2D eigenvalue weighted by Gasteiger charge is 2.13. The summed E-state index contributed by atoms with van der Waals surface area (Å²) in [4.78, 5) is 22.2. The third kappa shape index (κ3) is 5.15. The molecular formula is C20H17ClN4O5. The summed E-state index contributed by atoms with van der Waals surface area (Å²) in [6.07, 6.45) is 1.34. The van der Waals surface area contributed by atoms with Crippen molar-refractivity contribution in [1.82, 2.24) is 5.43 Å². The van der Waals surface area contributed by atoms with Gasteiger partial charge in [-0.25, -0.2) is 5.43 Å². The summed E-state index contributed by atoms with van der Waals surface area (Å²) in [6, 6.07) is 14.6. The molecule has 0 saturated heterocycles. The van der Waals surface area contributed by atoms with Gasteiger partial charge in [0.1, 0.15) is 17.3 Å². The zero-order valence-electron chi connectivity index (χ0n) is 15.8. The highest BCUT2D eigenvalue weighted by Crippen LogP contribution is 2.32. The van der Waals surface area contributed by atoms with Crippen LogP contribution in [0, 0.1) is 10.1 Å². The molecule has 1 heterocycles. The molecule has 2 N–H and O–H groups in total. The third-order valence-electron chi connectivity index (χ3n) is 3.98. The van der Waals surface area contributed by atoms with E-state index in [-0.39, 0.29) is 23.2 Å². The number of nitrogens with zero attached hydrogens (tertiary/aromatic N) is 2. The fourth-order valence-electron chi connectivity index (χ4n) is 2.56. The number of hydrogen-bond donors (Lipinski definition) is 2. The number of rotatable bonds is 8. The smallest absolute Gasteiger partial charge is 0.270 e. The second kappa shape index (κ2) is 9.57. The third-order valence-corrected chi connectivity index (χ3v) is 4.30. The molecule has 9 nitrogen and oxygen atoms in total. The topological polar surface area (TPSA) is 119 Å². The number of anilines is 1. The zero-order valence-corrected chi connectivity index (χ0v) is 16.6. The van der Waals surface area contributed by atoms with Gasteiger partial charge >= 0.3 is 0 Å². The van der Waals surface area contributed by atoms with Crippen molar-refractivity contribution in [3.05, 3.63) is 75.5 Å². The normalized spacial score (nSPS) is 10.7. The maximum absolute atomic E-state index is 11.9. The number of furan rings is 1. The summed E-state index contributed by atoms with van der Waals surface area (Å²) < 4.78 is 10.8. The van der Waals surface area contributed by atoms with Crippen LogP contribution in [0.1, 0.15) is 5.76 Å². The maximum Gasteiger partial charge on any atom is 0.270 e. The SMILES string of the molecule is COc1ccccc1NCC(=O)N/N=C/c1ccc(-c2ccc([N+](=O)[O-])cc2Cl)o1. The number of hydrazone groups is 1. The Bertz CT molecular complexity index is 1100. The van der Waals surface area contributed by atoms with Crippen molar-refractivity contribution in [2.45, 2.75) is 0 Å². The van der Waals surface area contributed by atoms with E-state index in [2.05, 4.69) is 15.8 Å². The van der Waals surface area contributed by atoms with E-state index < -0.39 is 4.92 Å². The number of carbonyl (C=O) groups excluding carboxylic acids is 1. The van der Waals surface area contributed by atoms with E-state index in [1.165, 1.54) is 24.4 Å². The number of amides is 1. The number of carbonyl (C=O) groups is 1. The van der Waals surface area contributed by atoms with Gasteiger partial charge in [0.15, 0.2) is 0 Å². The van der Waals surface area contributed by atoms with Crippen molar-refractivity contribution in [1.29, 1.82) is 0 Å². The molecule has 0 aliphatic carbocycles. The summed E-state index contributed by atoms with van der Waals surface area (Å²) >= 11 is 6.10. The van der Waals surface area contributed by atoms with Gasteiger partial charge in [-0.1, -0.05) is 23.7 Å². The minimum atomic E-state index is -0.526. The molecule has 0 spiro atoms. The van der Waals surface area contributed by atoms with E-state index in [0.717, 1.165) is 0 Å². The molecule has 0 fully saturated rings. The molecule has 3 aromatic rings. The van der Waals surface area contributed by atoms with E-state index in [1.54, 1.807) is 31.4 Å². The number of hydrogen-bond acceptors (Lipinski definition) is 7. The molecule has 2 aromatic carbocycles. The number of benzene rings is 2. The van der Waals surface area contributed by atoms with Crippen LogP contribution in [0.3, 0.4) is 0 Å². The predicted octanol–water partition coefficient (Wildman–Crippen LogP) is 4.08. The fraction of sp³-hybridized carbons (Fsp3) is 0.100. The number of non-ortho nitro benzene ring substituents is 1. The number of nitro groups is 1. The quantitative estimate of drug-likeness (QED) is 0.317. The van der Waals surface area contributed by atoms with Crippen LogP contribution in [0.5, 0.6) is 5.75 Å². The Morgan fingerprint density at radius 3 is 2.80 bits per heavy atom. The van der Waals surface area contributed by atoms with Gasteiger partial charge in [-0.05, 0) is 30.3 Å². The first kappa shape index (κ1) is 20.9.